The molecule has 1 aromatic carbocycles. The van der Waals surface area contributed by atoms with Gasteiger partial charge in [0.25, 0.3) is 5.91 Å². The fourth-order valence-electron chi connectivity index (χ4n) is 3.86. The van der Waals surface area contributed by atoms with E-state index < -0.39 is 0 Å². The van der Waals surface area contributed by atoms with Crippen LogP contribution < -0.4 is 4.90 Å². The Balaban J connectivity index is 1.66. The first-order chi connectivity index (χ1) is 11.4. The normalized spacial score (nSPS) is 25.6. The van der Waals surface area contributed by atoms with Gasteiger partial charge in [-0.1, -0.05) is 26.0 Å². The summed E-state index contributed by atoms with van der Waals surface area (Å²) in [5.74, 6) is 1.64. The first kappa shape index (κ1) is 17.4. The minimum absolute atomic E-state index is 0.0222. The number of thiazole rings is 1. The molecule has 1 aliphatic rings. The van der Waals surface area contributed by atoms with Gasteiger partial charge in [0, 0.05) is 18.9 Å². The van der Waals surface area contributed by atoms with Crippen molar-refractivity contribution in [2.24, 2.45) is 11.8 Å². The first-order valence-corrected chi connectivity index (χ1v) is 9.70. The summed E-state index contributed by atoms with van der Waals surface area (Å²) < 4.78 is 1.18. The monoisotopic (exact) mass is 346 g/mol. The molecule has 0 bridgehead atoms. The number of carbonyl (C=O) groups is 1. The Morgan fingerprint density at radius 2 is 2.00 bits per heavy atom. The van der Waals surface area contributed by atoms with Gasteiger partial charge in [0.05, 0.1) is 29.3 Å². The van der Waals surface area contributed by atoms with E-state index in [1.54, 1.807) is 11.3 Å². The number of fused-ring (bicyclic) bond motifs is 1. The SMILES string of the molecule is C[C@@H]1C[C@@H](C)C[NH+](CC(=O)N(C)[C@@H](C)c2nc3ccccc3s2)C1. The zero-order valence-corrected chi connectivity index (χ0v) is 15.9. The Bertz CT molecular complexity index is 670. The van der Waals surface area contributed by atoms with Gasteiger partial charge in [-0.3, -0.25) is 4.79 Å². The van der Waals surface area contributed by atoms with Crippen molar-refractivity contribution in [3.8, 4) is 0 Å². The number of likely N-dealkylation sites (tertiary alicyclic amines) is 1. The average molecular weight is 347 g/mol. The number of para-hydroxylation sites is 1. The predicted molar refractivity (Wildman–Crippen MR) is 99.3 cm³/mol. The minimum Gasteiger partial charge on any atom is -0.332 e. The van der Waals surface area contributed by atoms with E-state index in [1.165, 1.54) is 16.0 Å². The van der Waals surface area contributed by atoms with Crippen molar-refractivity contribution in [2.45, 2.75) is 33.2 Å². The van der Waals surface area contributed by atoms with Crippen LogP contribution in [0.15, 0.2) is 24.3 Å². The van der Waals surface area contributed by atoms with Gasteiger partial charge < -0.3 is 9.80 Å². The third-order valence-corrected chi connectivity index (χ3v) is 6.33. The molecule has 2 heterocycles. The quantitative estimate of drug-likeness (QED) is 0.923. The number of piperidine rings is 1. The van der Waals surface area contributed by atoms with Gasteiger partial charge in [-0.05, 0) is 25.5 Å². The van der Waals surface area contributed by atoms with Crippen LogP contribution in [0.25, 0.3) is 10.2 Å². The summed E-state index contributed by atoms with van der Waals surface area (Å²) in [6.07, 6.45) is 1.29. The highest BCUT2D eigenvalue weighted by Crippen LogP contribution is 2.28. The number of rotatable bonds is 4. The predicted octanol–water partition coefficient (Wildman–Crippen LogP) is 2.38. The molecule has 0 saturated carbocycles. The van der Waals surface area contributed by atoms with E-state index in [9.17, 15) is 4.79 Å². The summed E-state index contributed by atoms with van der Waals surface area (Å²) >= 11 is 1.69. The zero-order chi connectivity index (χ0) is 17.3. The topological polar surface area (TPSA) is 37.6 Å². The van der Waals surface area contributed by atoms with Crippen LogP contribution in [-0.4, -0.2) is 42.5 Å². The molecular weight excluding hydrogens is 318 g/mol. The molecule has 1 amide bonds. The molecule has 130 valence electrons. The molecular formula is C19H28N3OS+. The smallest absolute Gasteiger partial charge is 0.278 e. The second-order valence-corrected chi connectivity index (χ2v) is 8.54. The van der Waals surface area contributed by atoms with Crippen molar-refractivity contribution < 1.29 is 9.69 Å². The summed E-state index contributed by atoms with van der Waals surface area (Å²) in [6, 6.07) is 8.18. The van der Waals surface area contributed by atoms with Gasteiger partial charge >= 0.3 is 0 Å². The van der Waals surface area contributed by atoms with Gasteiger partial charge in [0.1, 0.15) is 5.01 Å². The summed E-state index contributed by atoms with van der Waals surface area (Å²) in [5, 5.41) is 1.02. The van der Waals surface area contributed by atoms with E-state index in [4.69, 9.17) is 4.98 Å². The highest BCUT2D eigenvalue weighted by atomic mass is 32.1. The van der Waals surface area contributed by atoms with Crippen LogP contribution in [0, 0.1) is 11.8 Å². The average Bonchev–Trinajstić information content (AvgIpc) is 2.96. The van der Waals surface area contributed by atoms with Crippen LogP contribution in [0.3, 0.4) is 0 Å². The van der Waals surface area contributed by atoms with E-state index in [-0.39, 0.29) is 11.9 Å². The Kier molecular flexibility index (Phi) is 5.21. The molecule has 1 aliphatic heterocycles. The number of carbonyl (C=O) groups excluding carboxylic acids is 1. The summed E-state index contributed by atoms with van der Waals surface area (Å²) in [7, 11) is 1.91. The molecule has 1 aromatic heterocycles. The van der Waals surface area contributed by atoms with E-state index >= 15 is 0 Å². The number of aromatic nitrogens is 1. The Morgan fingerprint density at radius 1 is 1.33 bits per heavy atom. The lowest BCUT2D eigenvalue weighted by molar-refractivity contribution is -0.904. The number of amides is 1. The molecule has 4 nitrogen and oxygen atoms in total. The zero-order valence-electron chi connectivity index (χ0n) is 15.1. The van der Waals surface area contributed by atoms with Crippen molar-refractivity contribution in [3.63, 3.8) is 0 Å². The van der Waals surface area contributed by atoms with Gasteiger partial charge in [-0.25, -0.2) is 4.98 Å². The Morgan fingerprint density at radius 3 is 2.67 bits per heavy atom. The van der Waals surface area contributed by atoms with Crippen molar-refractivity contribution in [1.82, 2.24) is 9.88 Å². The number of hydrogen-bond donors (Lipinski definition) is 1. The van der Waals surface area contributed by atoms with E-state index in [1.807, 2.05) is 30.1 Å². The lowest BCUT2D eigenvalue weighted by atomic mass is 9.92. The number of hydrogen-bond acceptors (Lipinski definition) is 3. The number of nitrogens with one attached hydrogen (secondary N) is 1. The van der Waals surface area contributed by atoms with Gasteiger partial charge in [0.2, 0.25) is 0 Å². The fourth-order valence-corrected chi connectivity index (χ4v) is 4.92. The minimum atomic E-state index is 0.0222. The van der Waals surface area contributed by atoms with Crippen LogP contribution in [0.4, 0.5) is 0 Å². The van der Waals surface area contributed by atoms with Crippen molar-refractivity contribution in [2.75, 3.05) is 26.7 Å². The first-order valence-electron chi connectivity index (χ1n) is 8.88. The van der Waals surface area contributed by atoms with Crippen LogP contribution in [-0.2, 0) is 4.79 Å². The maximum atomic E-state index is 12.7. The molecule has 24 heavy (non-hydrogen) atoms. The lowest BCUT2D eigenvalue weighted by Gasteiger charge is -2.33. The summed E-state index contributed by atoms with van der Waals surface area (Å²) in [4.78, 5) is 20.7. The summed E-state index contributed by atoms with van der Waals surface area (Å²) in [5.41, 5.74) is 1.02. The second kappa shape index (κ2) is 7.19. The molecule has 1 N–H and O–H groups in total. The molecule has 5 heteroatoms. The standard InChI is InChI=1S/C19H27N3OS/c1-13-9-14(2)11-22(10-13)12-18(23)21(4)15(3)19-20-16-7-5-6-8-17(16)24-19/h5-8,13-15H,9-12H2,1-4H3/p+1/t13-,14-,15+/m1/s1. The van der Waals surface area contributed by atoms with Crippen LogP contribution in [0.1, 0.15) is 38.2 Å². The number of nitrogens with zero attached hydrogens (tertiary/aromatic N) is 2. The van der Waals surface area contributed by atoms with E-state index in [0.29, 0.717) is 18.4 Å². The lowest BCUT2D eigenvalue weighted by Crippen LogP contribution is -3.15. The van der Waals surface area contributed by atoms with Gasteiger partial charge in [-0.2, -0.15) is 0 Å². The van der Waals surface area contributed by atoms with Crippen LogP contribution in [0.2, 0.25) is 0 Å². The number of likely N-dealkylation sites (N-methyl/N-ethyl adjacent to an activating group) is 1. The highest BCUT2D eigenvalue weighted by molar-refractivity contribution is 7.18. The molecule has 3 rings (SSSR count). The number of quaternary nitrogens is 1. The van der Waals surface area contributed by atoms with E-state index in [0.717, 1.165) is 23.6 Å². The van der Waals surface area contributed by atoms with Crippen molar-refractivity contribution >= 4 is 27.5 Å². The Hall–Kier alpha value is -1.46. The molecule has 1 fully saturated rings. The molecule has 0 spiro atoms. The van der Waals surface area contributed by atoms with Crippen molar-refractivity contribution in [1.29, 1.82) is 0 Å². The maximum Gasteiger partial charge on any atom is 0.278 e. The largest absolute Gasteiger partial charge is 0.332 e. The molecule has 1 saturated heterocycles. The molecule has 0 radical (unpaired) electrons. The van der Waals surface area contributed by atoms with Gasteiger partial charge in [0.15, 0.2) is 6.54 Å². The molecule has 0 unspecified atom stereocenters. The van der Waals surface area contributed by atoms with Gasteiger partial charge in [-0.15, -0.1) is 11.3 Å². The highest BCUT2D eigenvalue weighted by Gasteiger charge is 2.29. The third kappa shape index (κ3) is 3.78. The van der Waals surface area contributed by atoms with E-state index in [2.05, 4.69) is 26.8 Å². The summed E-state index contributed by atoms with van der Waals surface area (Å²) in [6.45, 7) is 9.49. The van der Waals surface area contributed by atoms with Crippen LogP contribution in [0.5, 0.6) is 0 Å². The molecule has 2 aromatic rings. The fraction of sp³-hybridized carbons (Fsp3) is 0.579. The van der Waals surface area contributed by atoms with Crippen LogP contribution >= 0.6 is 11.3 Å². The second-order valence-electron chi connectivity index (χ2n) is 7.48. The number of benzene rings is 1. The maximum absolute atomic E-state index is 12.7. The van der Waals surface area contributed by atoms with Crippen molar-refractivity contribution in [3.05, 3.63) is 29.3 Å². The Labute approximate surface area is 148 Å². The molecule has 0 aliphatic carbocycles. The molecule has 3 atom stereocenters. The third-order valence-electron chi connectivity index (χ3n) is 5.12.